The Morgan fingerprint density at radius 2 is 1.71 bits per heavy atom. The SMILES string of the molecule is Cc1ccc(S(=O)(=O)Nc2cc(-c3ccc(C(=O)O)cc3)nn2-c2ccccn2)cc1. The summed E-state index contributed by atoms with van der Waals surface area (Å²) in [6.07, 6.45) is 1.58. The van der Waals surface area contributed by atoms with Gasteiger partial charge in [-0.3, -0.25) is 4.72 Å². The molecule has 0 unspecified atom stereocenters. The number of hydrogen-bond acceptors (Lipinski definition) is 5. The minimum absolute atomic E-state index is 0.124. The van der Waals surface area contributed by atoms with Crippen molar-refractivity contribution in [3.05, 3.63) is 90.1 Å². The van der Waals surface area contributed by atoms with E-state index in [-0.39, 0.29) is 16.3 Å². The number of aryl methyl sites for hydroxylation is 1. The van der Waals surface area contributed by atoms with Gasteiger partial charge in [0.25, 0.3) is 10.0 Å². The summed E-state index contributed by atoms with van der Waals surface area (Å²) in [5, 5.41) is 13.6. The lowest BCUT2D eigenvalue weighted by Crippen LogP contribution is -2.16. The molecule has 8 nitrogen and oxygen atoms in total. The van der Waals surface area contributed by atoms with E-state index in [0.29, 0.717) is 17.1 Å². The lowest BCUT2D eigenvalue weighted by Gasteiger charge is -2.10. The summed E-state index contributed by atoms with van der Waals surface area (Å²) in [6.45, 7) is 1.88. The summed E-state index contributed by atoms with van der Waals surface area (Å²) in [7, 11) is -3.86. The second-order valence-corrected chi connectivity index (χ2v) is 8.50. The Bertz CT molecular complexity index is 1330. The predicted molar refractivity (Wildman–Crippen MR) is 116 cm³/mol. The molecular weight excluding hydrogens is 416 g/mol. The zero-order chi connectivity index (χ0) is 22.0. The molecule has 9 heteroatoms. The second-order valence-electron chi connectivity index (χ2n) is 6.82. The number of aromatic nitrogens is 3. The molecule has 0 bridgehead atoms. The second kappa shape index (κ2) is 8.04. The van der Waals surface area contributed by atoms with Crippen molar-refractivity contribution in [2.75, 3.05) is 4.72 Å². The Morgan fingerprint density at radius 3 is 2.32 bits per heavy atom. The van der Waals surface area contributed by atoms with E-state index in [1.54, 1.807) is 54.7 Å². The van der Waals surface area contributed by atoms with Gasteiger partial charge >= 0.3 is 5.97 Å². The third kappa shape index (κ3) is 4.31. The number of nitrogens with zero attached hydrogens (tertiary/aromatic N) is 3. The molecule has 0 atom stereocenters. The summed E-state index contributed by atoms with van der Waals surface area (Å²) in [4.78, 5) is 15.5. The fraction of sp³-hybridized carbons (Fsp3) is 0.0455. The minimum Gasteiger partial charge on any atom is -0.478 e. The average Bonchev–Trinajstić information content (AvgIpc) is 3.18. The van der Waals surface area contributed by atoms with Crippen LogP contribution in [0.3, 0.4) is 0 Å². The van der Waals surface area contributed by atoms with Crippen LogP contribution in [0, 0.1) is 6.92 Å². The molecule has 0 radical (unpaired) electrons. The highest BCUT2D eigenvalue weighted by Gasteiger charge is 2.20. The van der Waals surface area contributed by atoms with E-state index in [1.807, 2.05) is 6.92 Å². The van der Waals surface area contributed by atoms with Crippen LogP contribution in [0.1, 0.15) is 15.9 Å². The van der Waals surface area contributed by atoms with Gasteiger partial charge in [0.2, 0.25) is 0 Å². The van der Waals surface area contributed by atoms with Gasteiger partial charge in [0.15, 0.2) is 5.82 Å². The lowest BCUT2D eigenvalue weighted by atomic mass is 10.1. The minimum atomic E-state index is -3.86. The van der Waals surface area contributed by atoms with Crippen LogP contribution in [0.15, 0.2) is 83.9 Å². The topological polar surface area (TPSA) is 114 Å². The average molecular weight is 434 g/mol. The standard InChI is InChI=1S/C22H18N4O4S/c1-15-5-11-18(12-6-15)31(29,30)25-21-14-19(16-7-9-17(10-8-16)22(27)28)24-26(21)20-4-2-3-13-23-20/h2-14,25H,1H3,(H,27,28). The molecule has 0 saturated carbocycles. The van der Waals surface area contributed by atoms with Crippen molar-refractivity contribution in [1.29, 1.82) is 0 Å². The van der Waals surface area contributed by atoms with Crippen LogP contribution >= 0.6 is 0 Å². The fourth-order valence-corrected chi connectivity index (χ4v) is 3.98. The molecule has 2 aromatic heterocycles. The Kier molecular flexibility index (Phi) is 5.26. The van der Waals surface area contributed by atoms with Crippen molar-refractivity contribution in [2.24, 2.45) is 0 Å². The molecule has 0 fully saturated rings. The summed E-state index contributed by atoms with van der Waals surface area (Å²) < 4.78 is 29.8. The Hall–Kier alpha value is -3.98. The first-order valence-electron chi connectivity index (χ1n) is 9.28. The quantitative estimate of drug-likeness (QED) is 0.478. The van der Waals surface area contributed by atoms with E-state index in [9.17, 15) is 13.2 Å². The van der Waals surface area contributed by atoms with Crippen molar-refractivity contribution >= 4 is 21.8 Å². The van der Waals surface area contributed by atoms with Crippen molar-refractivity contribution < 1.29 is 18.3 Å². The van der Waals surface area contributed by atoms with Gasteiger partial charge in [-0.2, -0.15) is 9.78 Å². The smallest absolute Gasteiger partial charge is 0.335 e. The van der Waals surface area contributed by atoms with Crippen LogP contribution in [0.5, 0.6) is 0 Å². The van der Waals surface area contributed by atoms with Crippen molar-refractivity contribution in [1.82, 2.24) is 14.8 Å². The van der Waals surface area contributed by atoms with Gasteiger partial charge in [-0.05, 0) is 43.3 Å². The number of pyridine rings is 1. The van der Waals surface area contributed by atoms with E-state index in [4.69, 9.17) is 5.11 Å². The number of aromatic carboxylic acids is 1. The van der Waals surface area contributed by atoms with Crippen molar-refractivity contribution in [3.8, 4) is 17.1 Å². The summed E-state index contributed by atoms with van der Waals surface area (Å²) in [5.74, 6) is -0.397. The summed E-state index contributed by atoms with van der Waals surface area (Å²) in [6, 6.07) is 19.5. The van der Waals surface area contributed by atoms with Gasteiger partial charge in [0.1, 0.15) is 5.82 Å². The molecule has 0 saturated heterocycles. The van der Waals surface area contributed by atoms with Crippen molar-refractivity contribution in [2.45, 2.75) is 11.8 Å². The van der Waals surface area contributed by atoms with Crippen LogP contribution in [-0.2, 0) is 10.0 Å². The van der Waals surface area contributed by atoms with E-state index < -0.39 is 16.0 Å². The number of carbonyl (C=O) groups is 1. The van der Waals surface area contributed by atoms with Gasteiger partial charge in [-0.25, -0.2) is 18.2 Å². The molecule has 0 amide bonds. The number of benzene rings is 2. The van der Waals surface area contributed by atoms with Crippen molar-refractivity contribution in [3.63, 3.8) is 0 Å². The third-order valence-corrected chi connectivity index (χ3v) is 5.94. The van der Waals surface area contributed by atoms with Crippen LogP contribution in [-0.4, -0.2) is 34.3 Å². The molecule has 156 valence electrons. The summed E-state index contributed by atoms with van der Waals surface area (Å²) in [5.41, 5.74) is 2.19. The number of hydrogen-bond donors (Lipinski definition) is 2. The first kappa shape index (κ1) is 20.3. The maximum atomic E-state index is 12.9. The monoisotopic (exact) mass is 434 g/mol. The molecule has 2 aromatic carbocycles. The molecule has 4 rings (SSSR count). The fourth-order valence-electron chi connectivity index (χ4n) is 2.95. The van der Waals surface area contributed by atoms with Gasteiger partial charge in [-0.15, -0.1) is 0 Å². The zero-order valence-electron chi connectivity index (χ0n) is 16.4. The number of carboxylic acid groups (broad SMARTS) is 1. The Balaban J connectivity index is 1.77. The van der Waals surface area contributed by atoms with Crippen LogP contribution in [0.2, 0.25) is 0 Å². The molecule has 0 aliphatic rings. The highest BCUT2D eigenvalue weighted by Crippen LogP contribution is 2.26. The Morgan fingerprint density at radius 1 is 1.00 bits per heavy atom. The maximum Gasteiger partial charge on any atom is 0.335 e. The predicted octanol–water partition coefficient (Wildman–Crippen LogP) is 3.74. The van der Waals surface area contributed by atoms with Crippen LogP contribution in [0.4, 0.5) is 5.82 Å². The number of anilines is 1. The Labute approximate surface area is 178 Å². The largest absolute Gasteiger partial charge is 0.478 e. The van der Waals surface area contributed by atoms with E-state index in [0.717, 1.165) is 5.56 Å². The highest BCUT2D eigenvalue weighted by molar-refractivity contribution is 7.92. The van der Waals surface area contributed by atoms with Crippen LogP contribution < -0.4 is 4.72 Å². The highest BCUT2D eigenvalue weighted by atomic mass is 32.2. The van der Waals surface area contributed by atoms with E-state index in [1.165, 1.54) is 28.9 Å². The van der Waals surface area contributed by atoms with Gasteiger partial charge in [0, 0.05) is 17.8 Å². The molecule has 0 spiro atoms. The van der Waals surface area contributed by atoms with E-state index in [2.05, 4.69) is 14.8 Å². The normalized spacial score (nSPS) is 11.3. The molecular formula is C22H18N4O4S. The number of rotatable bonds is 6. The number of carboxylic acids is 1. The molecule has 0 aliphatic heterocycles. The maximum absolute atomic E-state index is 12.9. The van der Waals surface area contributed by atoms with Gasteiger partial charge in [0.05, 0.1) is 16.2 Å². The summed E-state index contributed by atoms with van der Waals surface area (Å²) >= 11 is 0. The first-order chi connectivity index (χ1) is 14.8. The molecule has 0 aliphatic carbocycles. The lowest BCUT2D eigenvalue weighted by molar-refractivity contribution is 0.0697. The van der Waals surface area contributed by atoms with E-state index >= 15 is 0 Å². The third-order valence-electron chi connectivity index (χ3n) is 4.57. The molecule has 2 heterocycles. The molecule has 2 N–H and O–H groups in total. The van der Waals surface area contributed by atoms with Gasteiger partial charge in [-0.1, -0.05) is 35.9 Å². The number of nitrogens with one attached hydrogen (secondary N) is 1. The van der Waals surface area contributed by atoms with Gasteiger partial charge < -0.3 is 5.11 Å². The molecule has 4 aromatic rings. The van der Waals surface area contributed by atoms with Crippen LogP contribution in [0.25, 0.3) is 17.1 Å². The zero-order valence-corrected chi connectivity index (χ0v) is 17.2. The number of sulfonamides is 1. The molecule has 31 heavy (non-hydrogen) atoms. The first-order valence-corrected chi connectivity index (χ1v) is 10.8.